The highest BCUT2D eigenvalue weighted by molar-refractivity contribution is 5.92. The van der Waals surface area contributed by atoms with E-state index in [-0.39, 0.29) is 11.7 Å². The van der Waals surface area contributed by atoms with Crippen molar-refractivity contribution in [3.63, 3.8) is 0 Å². The molecule has 4 heteroatoms. The van der Waals surface area contributed by atoms with Gasteiger partial charge in [-0.15, -0.1) is 0 Å². The van der Waals surface area contributed by atoms with Crippen molar-refractivity contribution in [2.75, 3.05) is 10.6 Å². The lowest BCUT2D eigenvalue weighted by Crippen LogP contribution is -2.10. The van der Waals surface area contributed by atoms with E-state index in [4.69, 9.17) is 0 Å². The summed E-state index contributed by atoms with van der Waals surface area (Å²) < 4.78 is 13.0. The Morgan fingerprint density at radius 2 is 2.13 bits per heavy atom. The predicted molar refractivity (Wildman–Crippen MR) is 57.3 cm³/mol. The highest BCUT2D eigenvalue weighted by Gasteiger charge is 2.22. The Morgan fingerprint density at radius 3 is 2.73 bits per heavy atom. The van der Waals surface area contributed by atoms with E-state index >= 15 is 0 Å². The molecule has 1 aromatic rings. The van der Waals surface area contributed by atoms with Crippen molar-refractivity contribution in [2.45, 2.75) is 25.8 Å². The number of hydrogen-bond acceptors (Lipinski definition) is 2. The van der Waals surface area contributed by atoms with Gasteiger partial charge in [-0.1, -0.05) is 0 Å². The summed E-state index contributed by atoms with van der Waals surface area (Å²) >= 11 is 0. The second-order valence-electron chi connectivity index (χ2n) is 3.79. The van der Waals surface area contributed by atoms with Crippen molar-refractivity contribution in [3.05, 3.63) is 24.0 Å². The third-order valence-corrected chi connectivity index (χ3v) is 2.23. The van der Waals surface area contributed by atoms with Crippen LogP contribution in [0.5, 0.6) is 0 Å². The van der Waals surface area contributed by atoms with Gasteiger partial charge in [0, 0.05) is 13.0 Å². The first-order valence-electron chi connectivity index (χ1n) is 4.99. The number of benzene rings is 1. The summed E-state index contributed by atoms with van der Waals surface area (Å²) in [6.07, 6.45) is 2.21. The third kappa shape index (κ3) is 2.68. The van der Waals surface area contributed by atoms with Crippen LogP contribution in [0, 0.1) is 5.82 Å². The molecule has 80 valence electrons. The molecular formula is C11H13FN2O. The largest absolute Gasteiger partial charge is 0.381 e. The zero-order valence-electron chi connectivity index (χ0n) is 8.51. The van der Waals surface area contributed by atoms with Crippen LogP contribution in [0.1, 0.15) is 19.8 Å². The molecule has 3 nitrogen and oxygen atoms in total. The van der Waals surface area contributed by atoms with Crippen LogP contribution in [-0.2, 0) is 4.79 Å². The number of anilines is 2. The van der Waals surface area contributed by atoms with Gasteiger partial charge < -0.3 is 10.6 Å². The van der Waals surface area contributed by atoms with E-state index in [0.717, 1.165) is 12.8 Å². The lowest BCUT2D eigenvalue weighted by atomic mass is 10.2. The first-order chi connectivity index (χ1) is 7.15. The maximum absolute atomic E-state index is 13.0. The van der Waals surface area contributed by atoms with Crippen LogP contribution in [0.25, 0.3) is 0 Å². The number of halogens is 1. The summed E-state index contributed by atoms with van der Waals surface area (Å²) in [5.74, 6) is -0.451. The van der Waals surface area contributed by atoms with Crippen LogP contribution in [-0.4, -0.2) is 11.9 Å². The third-order valence-electron chi connectivity index (χ3n) is 2.23. The second-order valence-corrected chi connectivity index (χ2v) is 3.79. The summed E-state index contributed by atoms with van der Waals surface area (Å²) in [5.41, 5.74) is 1.29. The molecule has 0 radical (unpaired) electrons. The molecule has 1 aliphatic rings. The van der Waals surface area contributed by atoms with Crippen molar-refractivity contribution in [3.8, 4) is 0 Å². The van der Waals surface area contributed by atoms with Crippen LogP contribution >= 0.6 is 0 Å². The maximum Gasteiger partial charge on any atom is 0.221 e. The minimum atomic E-state index is -0.299. The molecule has 2 rings (SSSR count). The number of carbonyl (C=O) groups is 1. The summed E-state index contributed by atoms with van der Waals surface area (Å²) in [5, 5.41) is 5.84. The fourth-order valence-corrected chi connectivity index (χ4v) is 1.38. The van der Waals surface area contributed by atoms with Gasteiger partial charge in [0.15, 0.2) is 0 Å². The highest BCUT2D eigenvalue weighted by Crippen LogP contribution is 2.30. The Hall–Kier alpha value is -1.58. The molecule has 1 aromatic carbocycles. The maximum atomic E-state index is 13.0. The first-order valence-corrected chi connectivity index (χ1v) is 4.99. The van der Waals surface area contributed by atoms with Gasteiger partial charge in [0.2, 0.25) is 5.91 Å². The van der Waals surface area contributed by atoms with Gasteiger partial charge in [-0.3, -0.25) is 4.79 Å². The molecule has 0 aromatic heterocycles. The Labute approximate surface area is 87.7 Å². The summed E-state index contributed by atoms with van der Waals surface area (Å²) in [4.78, 5) is 10.9. The smallest absolute Gasteiger partial charge is 0.221 e. The molecule has 0 atom stereocenters. The average Bonchev–Trinajstić information content (AvgIpc) is 2.93. The number of amides is 1. The van der Waals surface area contributed by atoms with Gasteiger partial charge >= 0.3 is 0 Å². The summed E-state index contributed by atoms with van der Waals surface area (Å²) in [6, 6.07) is 4.74. The standard InChI is InChI=1S/C11H13FN2O/c1-7(15)13-10-5-2-8(12)6-11(10)14-9-3-4-9/h2,5-6,9,14H,3-4H2,1H3,(H,13,15). The number of nitrogens with one attached hydrogen (secondary N) is 2. The van der Waals surface area contributed by atoms with Gasteiger partial charge in [0.1, 0.15) is 5.82 Å². The van der Waals surface area contributed by atoms with Crippen LogP contribution in [0.2, 0.25) is 0 Å². The van der Waals surface area contributed by atoms with Crippen molar-refractivity contribution in [1.29, 1.82) is 0 Å². The van der Waals surface area contributed by atoms with Crippen LogP contribution in [0.15, 0.2) is 18.2 Å². The fourth-order valence-electron chi connectivity index (χ4n) is 1.38. The SMILES string of the molecule is CC(=O)Nc1ccc(F)cc1NC1CC1. The Morgan fingerprint density at radius 1 is 1.40 bits per heavy atom. The van der Waals surface area contributed by atoms with Crippen LogP contribution in [0.4, 0.5) is 15.8 Å². The Balaban J connectivity index is 2.21. The van der Waals surface area contributed by atoms with Gasteiger partial charge in [-0.2, -0.15) is 0 Å². The first kappa shape index (κ1) is 9.96. The van der Waals surface area contributed by atoms with Crippen molar-refractivity contribution in [2.24, 2.45) is 0 Å². The van der Waals surface area contributed by atoms with Gasteiger partial charge in [-0.05, 0) is 31.0 Å². The predicted octanol–water partition coefficient (Wildman–Crippen LogP) is 2.36. The van der Waals surface area contributed by atoms with E-state index in [1.807, 2.05) is 0 Å². The van der Waals surface area contributed by atoms with E-state index in [1.54, 1.807) is 6.07 Å². The van der Waals surface area contributed by atoms with Gasteiger partial charge in [0.25, 0.3) is 0 Å². The number of carbonyl (C=O) groups excluding carboxylic acids is 1. The molecule has 0 spiro atoms. The van der Waals surface area contributed by atoms with E-state index in [0.29, 0.717) is 17.4 Å². The second kappa shape index (κ2) is 3.88. The molecule has 1 fully saturated rings. The summed E-state index contributed by atoms with van der Waals surface area (Å²) in [6.45, 7) is 1.43. The molecule has 0 bridgehead atoms. The topological polar surface area (TPSA) is 41.1 Å². The monoisotopic (exact) mass is 208 g/mol. The molecule has 15 heavy (non-hydrogen) atoms. The van der Waals surface area contributed by atoms with Crippen LogP contribution < -0.4 is 10.6 Å². The average molecular weight is 208 g/mol. The van der Waals surface area contributed by atoms with E-state index in [2.05, 4.69) is 10.6 Å². The van der Waals surface area contributed by atoms with Crippen molar-refractivity contribution >= 4 is 17.3 Å². The molecule has 0 unspecified atom stereocenters. The molecule has 0 heterocycles. The number of hydrogen-bond donors (Lipinski definition) is 2. The molecule has 0 saturated heterocycles. The Bertz CT molecular complexity index is 388. The quantitative estimate of drug-likeness (QED) is 0.800. The number of rotatable bonds is 3. The molecular weight excluding hydrogens is 195 g/mol. The highest BCUT2D eigenvalue weighted by atomic mass is 19.1. The van der Waals surface area contributed by atoms with Gasteiger partial charge in [-0.25, -0.2) is 4.39 Å². The molecule has 0 aliphatic heterocycles. The van der Waals surface area contributed by atoms with E-state index in [1.165, 1.54) is 19.1 Å². The van der Waals surface area contributed by atoms with E-state index < -0.39 is 0 Å². The van der Waals surface area contributed by atoms with E-state index in [9.17, 15) is 9.18 Å². The normalized spacial score (nSPS) is 14.8. The summed E-state index contributed by atoms with van der Waals surface area (Å²) in [7, 11) is 0. The Kier molecular flexibility index (Phi) is 2.58. The lowest BCUT2D eigenvalue weighted by molar-refractivity contribution is -0.114. The zero-order valence-corrected chi connectivity index (χ0v) is 8.51. The molecule has 1 amide bonds. The van der Waals surface area contributed by atoms with Crippen molar-refractivity contribution in [1.82, 2.24) is 0 Å². The molecule has 1 saturated carbocycles. The minimum Gasteiger partial charge on any atom is -0.381 e. The minimum absolute atomic E-state index is 0.152. The zero-order chi connectivity index (χ0) is 10.8. The fraction of sp³-hybridized carbons (Fsp3) is 0.364. The lowest BCUT2D eigenvalue weighted by Gasteiger charge is -2.11. The molecule has 1 aliphatic carbocycles. The van der Waals surface area contributed by atoms with Crippen molar-refractivity contribution < 1.29 is 9.18 Å². The molecule has 2 N–H and O–H groups in total. The van der Waals surface area contributed by atoms with Crippen LogP contribution in [0.3, 0.4) is 0 Å². The van der Waals surface area contributed by atoms with Gasteiger partial charge in [0.05, 0.1) is 11.4 Å².